The first kappa shape index (κ1) is 16.5. The van der Waals surface area contributed by atoms with E-state index >= 15 is 0 Å². The third-order valence-corrected chi connectivity index (χ3v) is 4.18. The predicted molar refractivity (Wildman–Crippen MR) is 82.3 cm³/mol. The Balaban J connectivity index is 1.90. The second kappa shape index (κ2) is 7.40. The van der Waals surface area contributed by atoms with Crippen molar-refractivity contribution < 1.29 is 19.4 Å². The van der Waals surface area contributed by atoms with Crippen LogP contribution in [-0.4, -0.2) is 40.6 Å². The minimum Gasteiger partial charge on any atom is -0.452 e. The van der Waals surface area contributed by atoms with E-state index < -0.39 is 5.97 Å². The number of aliphatic hydroxyl groups excluding tert-OH is 1. The van der Waals surface area contributed by atoms with Crippen molar-refractivity contribution in [3.8, 4) is 0 Å². The number of esters is 1. The summed E-state index contributed by atoms with van der Waals surface area (Å²) in [5, 5.41) is 8.97. The van der Waals surface area contributed by atoms with Gasteiger partial charge in [-0.1, -0.05) is 12.1 Å². The standard InChI is InChI=1S/C17H23NO4/c1-12-4-3-5-13(2)18(12)16(20)11-22-17(21)15-8-6-14(10-19)7-9-15/h6-9,12-13,19H,3-5,10-11H2,1-2H3/t12-,13-/m1/s1. The summed E-state index contributed by atoms with van der Waals surface area (Å²) in [6.45, 7) is 3.76. The zero-order chi connectivity index (χ0) is 16.1. The molecule has 0 bridgehead atoms. The van der Waals surface area contributed by atoms with E-state index in [1.807, 2.05) is 18.7 Å². The average molecular weight is 305 g/mol. The number of piperidine rings is 1. The topological polar surface area (TPSA) is 66.8 Å². The van der Waals surface area contributed by atoms with Crippen LogP contribution in [0.25, 0.3) is 0 Å². The van der Waals surface area contributed by atoms with Crippen LogP contribution in [0.15, 0.2) is 24.3 Å². The number of hydrogen-bond donors (Lipinski definition) is 1. The predicted octanol–water partition coefficient (Wildman–Crippen LogP) is 2.13. The number of aliphatic hydroxyl groups is 1. The Kier molecular flexibility index (Phi) is 5.55. The summed E-state index contributed by atoms with van der Waals surface area (Å²) in [6, 6.07) is 6.88. The molecule has 120 valence electrons. The number of likely N-dealkylation sites (tertiary alicyclic amines) is 1. The van der Waals surface area contributed by atoms with Gasteiger partial charge in [-0.3, -0.25) is 4.79 Å². The molecule has 2 rings (SSSR count). The lowest BCUT2D eigenvalue weighted by atomic mass is 9.97. The molecule has 1 fully saturated rings. The lowest BCUT2D eigenvalue weighted by Gasteiger charge is -2.38. The van der Waals surface area contributed by atoms with Crippen LogP contribution in [-0.2, 0) is 16.1 Å². The highest BCUT2D eigenvalue weighted by molar-refractivity contribution is 5.91. The van der Waals surface area contributed by atoms with Crippen molar-refractivity contribution >= 4 is 11.9 Å². The highest BCUT2D eigenvalue weighted by Crippen LogP contribution is 2.22. The first-order valence-corrected chi connectivity index (χ1v) is 7.71. The normalized spacial score (nSPS) is 21.5. The van der Waals surface area contributed by atoms with Gasteiger partial charge in [-0.25, -0.2) is 4.79 Å². The number of nitrogens with zero attached hydrogens (tertiary/aromatic N) is 1. The Morgan fingerprint density at radius 2 is 1.77 bits per heavy atom. The molecule has 5 nitrogen and oxygen atoms in total. The SMILES string of the molecule is C[C@@H]1CCC[C@@H](C)N1C(=O)COC(=O)c1ccc(CO)cc1. The van der Waals surface area contributed by atoms with Crippen LogP contribution in [0.1, 0.15) is 49.0 Å². The van der Waals surface area contributed by atoms with E-state index in [2.05, 4.69) is 0 Å². The van der Waals surface area contributed by atoms with Crippen LogP contribution in [0.5, 0.6) is 0 Å². The van der Waals surface area contributed by atoms with E-state index in [4.69, 9.17) is 9.84 Å². The van der Waals surface area contributed by atoms with Crippen molar-refractivity contribution in [2.24, 2.45) is 0 Å². The fourth-order valence-corrected chi connectivity index (χ4v) is 2.94. The zero-order valence-electron chi connectivity index (χ0n) is 13.1. The molecule has 1 heterocycles. The van der Waals surface area contributed by atoms with Gasteiger partial charge in [-0.2, -0.15) is 0 Å². The van der Waals surface area contributed by atoms with Crippen LogP contribution in [0.2, 0.25) is 0 Å². The largest absolute Gasteiger partial charge is 0.452 e. The summed E-state index contributed by atoms with van der Waals surface area (Å²) < 4.78 is 5.12. The fourth-order valence-electron chi connectivity index (χ4n) is 2.94. The number of rotatable bonds is 4. The molecule has 0 aromatic heterocycles. The second-order valence-electron chi connectivity index (χ2n) is 5.86. The van der Waals surface area contributed by atoms with Crippen LogP contribution >= 0.6 is 0 Å². The third-order valence-electron chi connectivity index (χ3n) is 4.18. The molecule has 2 atom stereocenters. The van der Waals surface area contributed by atoms with Gasteiger partial charge in [0.2, 0.25) is 0 Å². The molecule has 0 aliphatic carbocycles. The molecule has 22 heavy (non-hydrogen) atoms. The van der Waals surface area contributed by atoms with Gasteiger partial charge in [0.15, 0.2) is 6.61 Å². The van der Waals surface area contributed by atoms with Gasteiger partial charge in [0.25, 0.3) is 5.91 Å². The van der Waals surface area contributed by atoms with Gasteiger partial charge in [-0.15, -0.1) is 0 Å². The van der Waals surface area contributed by atoms with E-state index in [1.165, 1.54) is 0 Å². The summed E-state index contributed by atoms with van der Waals surface area (Å²) >= 11 is 0. The number of ether oxygens (including phenoxy) is 1. The lowest BCUT2D eigenvalue weighted by Crippen LogP contribution is -2.49. The minimum absolute atomic E-state index is 0.0709. The van der Waals surface area contributed by atoms with Crippen molar-refractivity contribution in [2.45, 2.75) is 51.8 Å². The van der Waals surface area contributed by atoms with Crippen molar-refractivity contribution in [2.75, 3.05) is 6.61 Å². The van der Waals surface area contributed by atoms with Crippen LogP contribution in [0.4, 0.5) is 0 Å². The molecule has 5 heteroatoms. The maximum atomic E-state index is 12.3. The van der Waals surface area contributed by atoms with Gasteiger partial charge in [0.05, 0.1) is 12.2 Å². The molecular weight excluding hydrogens is 282 g/mol. The van der Waals surface area contributed by atoms with E-state index in [0.717, 1.165) is 24.8 Å². The van der Waals surface area contributed by atoms with Gasteiger partial charge in [0.1, 0.15) is 0 Å². The first-order valence-electron chi connectivity index (χ1n) is 7.71. The van der Waals surface area contributed by atoms with E-state index in [-0.39, 0.29) is 31.2 Å². The molecule has 0 radical (unpaired) electrons. The number of carbonyl (C=O) groups is 2. The maximum absolute atomic E-state index is 12.3. The van der Waals surface area contributed by atoms with Gasteiger partial charge in [-0.05, 0) is 50.8 Å². The van der Waals surface area contributed by atoms with Crippen LogP contribution in [0.3, 0.4) is 0 Å². The molecule has 1 saturated heterocycles. The summed E-state index contributed by atoms with van der Waals surface area (Å²) in [4.78, 5) is 26.0. The molecule has 1 aromatic carbocycles. The number of amides is 1. The second-order valence-corrected chi connectivity index (χ2v) is 5.86. The Hall–Kier alpha value is -1.88. The molecule has 0 unspecified atom stereocenters. The molecule has 1 aliphatic heterocycles. The van der Waals surface area contributed by atoms with E-state index in [1.54, 1.807) is 24.3 Å². The Labute approximate surface area is 130 Å². The van der Waals surface area contributed by atoms with Gasteiger partial charge < -0.3 is 14.7 Å². The zero-order valence-corrected chi connectivity index (χ0v) is 13.1. The average Bonchev–Trinajstić information content (AvgIpc) is 2.52. The van der Waals surface area contributed by atoms with Gasteiger partial charge in [0, 0.05) is 12.1 Å². The smallest absolute Gasteiger partial charge is 0.338 e. The lowest BCUT2D eigenvalue weighted by molar-refractivity contribution is -0.140. The number of hydrogen-bond acceptors (Lipinski definition) is 4. The van der Waals surface area contributed by atoms with Crippen LogP contribution < -0.4 is 0 Å². The van der Waals surface area contributed by atoms with E-state index in [0.29, 0.717) is 5.56 Å². The molecular formula is C17H23NO4. The van der Waals surface area contributed by atoms with Gasteiger partial charge >= 0.3 is 5.97 Å². The van der Waals surface area contributed by atoms with Crippen molar-refractivity contribution in [3.05, 3.63) is 35.4 Å². The van der Waals surface area contributed by atoms with E-state index in [9.17, 15) is 9.59 Å². The summed E-state index contributed by atoms with van der Waals surface area (Å²) in [5.41, 5.74) is 1.10. The highest BCUT2D eigenvalue weighted by atomic mass is 16.5. The minimum atomic E-state index is -0.518. The Morgan fingerprint density at radius 1 is 1.18 bits per heavy atom. The monoisotopic (exact) mass is 305 g/mol. The summed E-state index contributed by atoms with van der Waals surface area (Å²) in [5.74, 6) is -0.657. The highest BCUT2D eigenvalue weighted by Gasteiger charge is 2.29. The third kappa shape index (κ3) is 3.85. The first-order chi connectivity index (χ1) is 10.5. The summed E-state index contributed by atoms with van der Waals surface area (Å²) in [6.07, 6.45) is 3.11. The molecule has 1 aliphatic rings. The maximum Gasteiger partial charge on any atom is 0.338 e. The molecule has 1 amide bonds. The Morgan fingerprint density at radius 3 is 2.32 bits per heavy atom. The number of benzene rings is 1. The van der Waals surface area contributed by atoms with Crippen LogP contribution in [0, 0.1) is 0 Å². The van der Waals surface area contributed by atoms with Crippen molar-refractivity contribution in [3.63, 3.8) is 0 Å². The van der Waals surface area contributed by atoms with Crippen molar-refractivity contribution in [1.82, 2.24) is 4.90 Å². The quantitative estimate of drug-likeness (QED) is 0.865. The molecule has 0 spiro atoms. The molecule has 1 aromatic rings. The molecule has 1 N–H and O–H groups in total. The summed E-state index contributed by atoms with van der Waals surface area (Å²) in [7, 11) is 0. The number of carbonyl (C=O) groups excluding carboxylic acids is 2. The van der Waals surface area contributed by atoms with Crippen molar-refractivity contribution in [1.29, 1.82) is 0 Å². The Bertz CT molecular complexity index is 516. The molecule has 0 saturated carbocycles. The fraction of sp³-hybridized carbons (Fsp3) is 0.529.